The number of amidine groups is 1. The molecule has 0 aromatic rings. The van der Waals surface area contributed by atoms with Gasteiger partial charge in [-0.15, -0.1) is 0 Å². The second kappa shape index (κ2) is 5.36. The summed E-state index contributed by atoms with van der Waals surface area (Å²) in [7, 11) is 2.13. The van der Waals surface area contributed by atoms with E-state index in [9.17, 15) is 19.9 Å². The van der Waals surface area contributed by atoms with Crippen LogP contribution in [-0.2, 0) is 19.1 Å². The molecule has 1 aliphatic rings. The number of carbonyl (C=O) groups is 2. The van der Waals surface area contributed by atoms with Gasteiger partial charge in [-0.2, -0.15) is 0 Å². The number of hydroxylamine groups is 2. The second-order valence-electron chi connectivity index (χ2n) is 5.57. The molecule has 1 heterocycles. The molecular weight excluding hydrogens is 280 g/mol. The molecule has 0 amide bonds. The summed E-state index contributed by atoms with van der Waals surface area (Å²) in [4.78, 5) is 27.6. The number of aliphatic hydroxyl groups is 1. The number of aliphatic imine (C=N–C) groups is 1. The molecule has 0 saturated carbocycles. The summed E-state index contributed by atoms with van der Waals surface area (Å²) >= 11 is 0. The first kappa shape index (κ1) is 17.0. The zero-order valence-electron chi connectivity index (χ0n) is 12.9. The van der Waals surface area contributed by atoms with E-state index in [-0.39, 0.29) is 5.84 Å². The van der Waals surface area contributed by atoms with Gasteiger partial charge in [0.25, 0.3) is 0 Å². The van der Waals surface area contributed by atoms with Crippen molar-refractivity contribution in [3.63, 3.8) is 0 Å². The summed E-state index contributed by atoms with van der Waals surface area (Å²) in [6.45, 7) is 6.89. The number of hydrogen-bond donors (Lipinski definition) is 2. The van der Waals surface area contributed by atoms with Crippen LogP contribution in [0.2, 0.25) is 0 Å². The number of methoxy groups -OCH3 is 2. The van der Waals surface area contributed by atoms with Crippen LogP contribution in [0.3, 0.4) is 0 Å². The van der Waals surface area contributed by atoms with Gasteiger partial charge >= 0.3 is 11.9 Å². The Morgan fingerprint density at radius 3 is 1.90 bits per heavy atom. The summed E-state index contributed by atoms with van der Waals surface area (Å²) < 4.78 is 8.92. The molecule has 0 radical (unpaired) electrons. The van der Waals surface area contributed by atoms with Gasteiger partial charge in [-0.25, -0.2) is 14.7 Å². The van der Waals surface area contributed by atoms with Crippen molar-refractivity contribution in [1.29, 1.82) is 0 Å². The third kappa shape index (κ3) is 2.58. The van der Waals surface area contributed by atoms with E-state index < -0.39 is 34.3 Å². The Bertz CT molecular complexity index is 533. The number of aliphatic hydroxyl groups excluding tert-OH is 1. The maximum atomic E-state index is 11.9. The predicted octanol–water partition coefficient (Wildman–Crippen LogP) is 0.805. The van der Waals surface area contributed by atoms with Crippen LogP contribution in [0.4, 0.5) is 0 Å². The lowest BCUT2D eigenvalue weighted by Gasteiger charge is -2.36. The minimum Gasteiger partial charge on any atom is -0.501 e. The SMILES string of the molecule is COC(=O)/C(O)=C(\C(=O)OC)C1=NC(C)(C)C(C)(C)N1O. The highest BCUT2D eigenvalue weighted by atomic mass is 16.5. The Morgan fingerprint density at radius 1 is 1.10 bits per heavy atom. The Hall–Kier alpha value is -2.09. The molecule has 0 unspecified atom stereocenters. The van der Waals surface area contributed by atoms with Gasteiger partial charge < -0.3 is 14.6 Å². The van der Waals surface area contributed by atoms with Crippen molar-refractivity contribution >= 4 is 17.8 Å². The predicted molar refractivity (Wildman–Crippen MR) is 72.9 cm³/mol. The van der Waals surface area contributed by atoms with Gasteiger partial charge in [-0.3, -0.25) is 10.2 Å². The van der Waals surface area contributed by atoms with E-state index in [1.807, 2.05) is 0 Å². The van der Waals surface area contributed by atoms with Gasteiger partial charge in [0, 0.05) is 0 Å². The molecule has 0 atom stereocenters. The van der Waals surface area contributed by atoms with E-state index in [2.05, 4.69) is 14.5 Å². The van der Waals surface area contributed by atoms with E-state index in [4.69, 9.17) is 0 Å². The van der Waals surface area contributed by atoms with Crippen LogP contribution in [0.5, 0.6) is 0 Å². The molecule has 0 aliphatic carbocycles. The molecule has 0 aromatic heterocycles. The molecule has 1 aliphatic heterocycles. The van der Waals surface area contributed by atoms with Gasteiger partial charge in [0.15, 0.2) is 11.4 Å². The van der Waals surface area contributed by atoms with Crippen molar-refractivity contribution < 1.29 is 29.4 Å². The molecule has 118 valence electrons. The number of ether oxygens (including phenoxy) is 2. The molecule has 0 fully saturated rings. The number of hydrogen-bond acceptors (Lipinski definition) is 8. The maximum Gasteiger partial charge on any atom is 0.374 e. The first-order valence-corrected chi connectivity index (χ1v) is 6.20. The summed E-state index contributed by atoms with van der Waals surface area (Å²) in [5, 5.41) is 20.9. The van der Waals surface area contributed by atoms with Crippen LogP contribution >= 0.6 is 0 Å². The van der Waals surface area contributed by atoms with E-state index in [1.165, 1.54) is 0 Å². The van der Waals surface area contributed by atoms with Crippen LogP contribution in [0.15, 0.2) is 16.3 Å². The van der Waals surface area contributed by atoms with Crippen LogP contribution in [0, 0.1) is 0 Å². The van der Waals surface area contributed by atoms with E-state index in [1.54, 1.807) is 27.7 Å². The molecule has 1 rings (SSSR count). The zero-order chi connectivity index (χ0) is 16.6. The lowest BCUT2D eigenvalue weighted by Crippen LogP contribution is -2.52. The minimum atomic E-state index is -1.13. The first-order chi connectivity index (χ1) is 9.51. The second-order valence-corrected chi connectivity index (χ2v) is 5.57. The fourth-order valence-electron chi connectivity index (χ4n) is 1.73. The number of rotatable bonds is 3. The van der Waals surface area contributed by atoms with Gasteiger partial charge in [0.05, 0.1) is 25.3 Å². The number of carbonyl (C=O) groups excluding carboxylic acids is 2. The van der Waals surface area contributed by atoms with Crippen LogP contribution in [0.1, 0.15) is 27.7 Å². The van der Waals surface area contributed by atoms with Gasteiger partial charge in [0.1, 0.15) is 0 Å². The Labute approximate surface area is 122 Å². The highest BCUT2D eigenvalue weighted by Crippen LogP contribution is 2.38. The highest BCUT2D eigenvalue weighted by Gasteiger charge is 2.51. The average molecular weight is 300 g/mol. The lowest BCUT2D eigenvalue weighted by atomic mass is 9.84. The van der Waals surface area contributed by atoms with Crippen molar-refractivity contribution in [2.24, 2.45) is 4.99 Å². The third-order valence-corrected chi connectivity index (χ3v) is 3.84. The first-order valence-electron chi connectivity index (χ1n) is 6.20. The molecule has 0 bridgehead atoms. The largest absolute Gasteiger partial charge is 0.501 e. The Kier molecular flexibility index (Phi) is 4.33. The van der Waals surface area contributed by atoms with Crippen LogP contribution in [-0.4, -0.2) is 58.4 Å². The summed E-state index contributed by atoms with van der Waals surface area (Å²) in [6, 6.07) is 0. The topological polar surface area (TPSA) is 109 Å². The molecule has 8 nitrogen and oxygen atoms in total. The molecule has 0 aromatic carbocycles. The average Bonchev–Trinajstić information content (AvgIpc) is 2.57. The summed E-state index contributed by atoms with van der Waals surface area (Å²) in [5.41, 5.74) is -2.18. The minimum absolute atomic E-state index is 0.250. The fourth-order valence-corrected chi connectivity index (χ4v) is 1.73. The third-order valence-electron chi connectivity index (χ3n) is 3.84. The van der Waals surface area contributed by atoms with Gasteiger partial charge in [-0.1, -0.05) is 0 Å². The normalized spacial score (nSPS) is 20.5. The van der Waals surface area contributed by atoms with Crippen LogP contribution < -0.4 is 0 Å². The molecule has 0 saturated heterocycles. The number of nitrogens with zero attached hydrogens (tertiary/aromatic N) is 2. The zero-order valence-corrected chi connectivity index (χ0v) is 12.9. The Balaban J connectivity index is 3.51. The molecule has 8 heteroatoms. The summed E-state index contributed by atoms with van der Waals surface area (Å²) in [5.74, 6) is -3.37. The standard InChI is InChI=1S/C13H20N2O6/c1-12(2)13(3,4)15(19)9(14-12)7(10(17)20-5)8(16)11(18)21-6/h16,19H,1-6H3/b8-7+. The highest BCUT2D eigenvalue weighted by molar-refractivity contribution is 6.22. The molecule has 21 heavy (non-hydrogen) atoms. The quantitative estimate of drug-likeness (QED) is 0.451. The monoisotopic (exact) mass is 300 g/mol. The van der Waals surface area contributed by atoms with Crippen molar-refractivity contribution in [2.75, 3.05) is 14.2 Å². The number of esters is 2. The van der Waals surface area contributed by atoms with E-state index in [0.29, 0.717) is 0 Å². The van der Waals surface area contributed by atoms with E-state index >= 15 is 0 Å². The molecule has 0 spiro atoms. The molecular formula is C13H20N2O6. The van der Waals surface area contributed by atoms with Crippen molar-refractivity contribution in [2.45, 2.75) is 38.8 Å². The van der Waals surface area contributed by atoms with Crippen LogP contribution in [0.25, 0.3) is 0 Å². The maximum absolute atomic E-state index is 11.9. The van der Waals surface area contributed by atoms with Crippen molar-refractivity contribution in [1.82, 2.24) is 5.06 Å². The van der Waals surface area contributed by atoms with E-state index in [0.717, 1.165) is 19.3 Å². The fraction of sp³-hybridized carbons (Fsp3) is 0.615. The van der Waals surface area contributed by atoms with Gasteiger partial charge in [0.2, 0.25) is 5.76 Å². The van der Waals surface area contributed by atoms with Crippen molar-refractivity contribution in [3.05, 3.63) is 11.3 Å². The summed E-state index contributed by atoms with van der Waals surface area (Å²) in [6.07, 6.45) is 0. The smallest absolute Gasteiger partial charge is 0.374 e. The van der Waals surface area contributed by atoms with Gasteiger partial charge in [-0.05, 0) is 27.7 Å². The van der Waals surface area contributed by atoms with Crippen molar-refractivity contribution in [3.8, 4) is 0 Å². The molecule has 2 N–H and O–H groups in total. The lowest BCUT2D eigenvalue weighted by molar-refractivity contribution is -0.141. The Morgan fingerprint density at radius 2 is 1.57 bits per heavy atom.